The van der Waals surface area contributed by atoms with Gasteiger partial charge in [0.05, 0.1) is 18.7 Å². The van der Waals surface area contributed by atoms with Crippen LogP contribution in [0.4, 0.5) is 0 Å². The van der Waals surface area contributed by atoms with Crippen molar-refractivity contribution in [2.24, 2.45) is 7.05 Å². The van der Waals surface area contributed by atoms with Crippen molar-refractivity contribution < 1.29 is 19.4 Å². The topological polar surface area (TPSA) is 97.6 Å². The van der Waals surface area contributed by atoms with Crippen molar-refractivity contribution in [1.82, 2.24) is 9.88 Å². The minimum Gasteiger partial charge on any atom is -0.480 e. The van der Waals surface area contributed by atoms with Gasteiger partial charge in [-0.2, -0.15) is 0 Å². The fourth-order valence-corrected chi connectivity index (χ4v) is 2.86. The molecule has 1 amide bonds. The van der Waals surface area contributed by atoms with E-state index >= 15 is 0 Å². The lowest BCUT2D eigenvalue weighted by Crippen LogP contribution is -2.45. The highest BCUT2D eigenvalue weighted by Crippen LogP contribution is 2.12. The second kappa shape index (κ2) is 8.49. The number of hydrogen-bond acceptors (Lipinski definition) is 4. The van der Waals surface area contributed by atoms with Gasteiger partial charge in [0, 0.05) is 7.05 Å². The first-order chi connectivity index (χ1) is 13.5. The average Bonchev–Trinajstić information content (AvgIpc) is 2.70. The van der Waals surface area contributed by atoms with Crippen LogP contribution in [0.25, 0.3) is 10.9 Å². The molecule has 0 aliphatic carbocycles. The van der Waals surface area contributed by atoms with Crippen molar-refractivity contribution in [3.63, 3.8) is 0 Å². The van der Waals surface area contributed by atoms with E-state index in [0.29, 0.717) is 10.9 Å². The van der Waals surface area contributed by atoms with E-state index in [1.54, 1.807) is 31.3 Å². The van der Waals surface area contributed by atoms with E-state index in [0.717, 1.165) is 5.56 Å². The average molecular weight is 380 g/mol. The highest BCUT2D eigenvalue weighted by atomic mass is 16.5. The van der Waals surface area contributed by atoms with Gasteiger partial charge < -0.3 is 19.7 Å². The molecule has 0 saturated heterocycles. The summed E-state index contributed by atoms with van der Waals surface area (Å²) in [4.78, 5) is 36.6. The van der Waals surface area contributed by atoms with E-state index in [2.05, 4.69) is 5.32 Å². The molecule has 0 fully saturated rings. The Kier molecular flexibility index (Phi) is 5.86. The van der Waals surface area contributed by atoms with Crippen molar-refractivity contribution in [2.75, 3.05) is 6.61 Å². The fraction of sp³-hybridized carbons (Fsp3) is 0.190. The number of hydrogen-bond donors (Lipinski definition) is 2. The van der Waals surface area contributed by atoms with Crippen LogP contribution in [0.1, 0.15) is 15.9 Å². The molecule has 7 heteroatoms. The number of nitrogens with zero attached hydrogens (tertiary/aromatic N) is 1. The summed E-state index contributed by atoms with van der Waals surface area (Å²) in [6.07, 6.45) is 0. The van der Waals surface area contributed by atoms with Crippen LogP contribution in [0.2, 0.25) is 0 Å². The number of ether oxygens (including phenoxy) is 1. The predicted octanol–water partition coefficient (Wildman–Crippen LogP) is 1.94. The molecule has 1 unspecified atom stereocenters. The van der Waals surface area contributed by atoms with Gasteiger partial charge in [-0.1, -0.05) is 48.5 Å². The van der Waals surface area contributed by atoms with Crippen LogP contribution in [-0.2, 0) is 23.2 Å². The third-order valence-electron chi connectivity index (χ3n) is 4.38. The first-order valence-electron chi connectivity index (χ1n) is 8.71. The maximum atomic E-state index is 12.6. The molecule has 2 aromatic carbocycles. The molecule has 3 rings (SSSR count). The number of rotatable bonds is 7. The van der Waals surface area contributed by atoms with Gasteiger partial charge in [-0.05, 0) is 23.1 Å². The molecule has 0 aliphatic heterocycles. The molecular formula is C21H20N2O5. The van der Waals surface area contributed by atoms with Crippen molar-refractivity contribution in [2.45, 2.75) is 12.6 Å². The Bertz CT molecular complexity index is 1060. The zero-order valence-electron chi connectivity index (χ0n) is 15.3. The number of carboxylic acid groups (broad SMARTS) is 1. The third kappa shape index (κ3) is 4.27. The van der Waals surface area contributed by atoms with Crippen LogP contribution in [0.3, 0.4) is 0 Å². The molecule has 0 bridgehead atoms. The van der Waals surface area contributed by atoms with Gasteiger partial charge in [0.2, 0.25) is 0 Å². The Morgan fingerprint density at radius 3 is 2.50 bits per heavy atom. The Hall–Kier alpha value is -3.45. The summed E-state index contributed by atoms with van der Waals surface area (Å²) in [6, 6.07) is 16.6. The van der Waals surface area contributed by atoms with E-state index in [1.807, 2.05) is 30.3 Å². The van der Waals surface area contributed by atoms with Crippen LogP contribution >= 0.6 is 0 Å². The summed E-state index contributed by atoms with van der Waals surface area (Å²) >= 11 is 0. The molecule has 3 aromatic rings. The number of aromatic nitrogens is 1. The Morgan fingerprint density at radius 2 is 1.79 bits per heavy atom. The van der Waals surface area contributed by atoms with E-state index in [9.17, 15) is 19.5 Å². The summed E-state index contributed by atoms with van der Waals surface area (Å²) in [6.45, 7) is 0.00208. The first-order valence-corrected chi connectivity index (χ1v) is 8.71. The molecule has 2 N–H and O–H groups in total. The van der Waals surface area contributed by atoms with Crippen LogP contribution < -0.4 is 10.9 Å². The number of nitrogens with one attached hydrogen (secondary N) is 1. The maximum Gasteiger partial charge on any atom is 0.328 e. The third-order valence-corrected chi connectivity index (χ3v) is 4.38. The lowest BCUT2D eigenvalue weighted by molar-refractivity contribution is -0.141. The normalized spacial score (nSPS) is 11.9. The van der Waals surface area contributed by atoms with Crippen molar-refractivity contribution in [1.29, 1.82) is 0 Å². The standard InChI is InChI=1S/C21H20N2O5/c1-23-18-10-6-5-9-15(18)11-16(20(23)25)19(24)22-17(21(26)27)13-28-12-14-7-3-2-4-8-14/h2-11,17H,12-13H2,1H3,(H,22,24)(H,26,27). The van der Waals surface area contributed by atoms with E-state index in [1.165, 1.54) is 10.6 Å². The molecule has 0 aliphatic rings. The number of aryl methyl sites for hydroxylation is 1. The van der Waals surface area contributed by atoms with Crippen molar-refractivity contribution in [3.05, 3.63) is 82.1 Å². The molecule has 1 atom stereocenters. The maximum absolute atomic E-state index is 12.6. The number of carbonyl (C=O) groups excluding carboxylic acids is 1. The largest absolute Gasteiger partial charge is 0.480 e. The number of carbonyl (C=O) groups is 2. The molecule has 144 valence electrons. The molecule has 1 heterocycles. The molecule has 0 radical (unpaired) electrons. The van der Waals surface area contributed by atoms with Gasteiger partial charge in [-0.15, -0.1) is 0 Å². The highest BCUT2D eigenvalue weighted by Gasteiger charge is 2.23. The number of carboxylic acids is 1. The van der Waals surface area contributed by atoms with Crippen LogP contribution in [0.15, 0.2) is 65.5 Å². The van der Waals surface area contributed by atoms with Crippen LogP contribution in [0.5, 0.6) is 0 Å². The van der Waals surface area contributed by atoms with Crippen LogP contribution in [-0.4, -0.2) is 34.2 Å². The first kappa shape index (κ1) is 19.3. The second-order valence-electron chi connectivity index (χ2n) is 6.35. The van der Waals surface area contributed by atoms with Crippen molar-refractivity contribution >= 4 is 22.8 Å². The number of amides is 1. The predicted molar refractivity (Wildman–Crippen MR) is 104 cm³/mol. The van der Waals surface area contributed by atoms with Gasteiger partial charge in [-0.3, -0.25) is 9.59 Å². The number of pyridine rings is 1. The van der Waals surface area contributed by atoms with Gasteiger partial charge in [0.25, 0.3) is 11.5 Å². The number of aliphatic carboxylic acids is 1. The number of para-hydroxylation sites is 1. The SMILES string of the molecule is Cn1c(=O)c(C(=O)NC(COCc2ccccc2)C(=O)O)cc2ccccc21. The Labute approximate surface area is 161 Å². The minimum absolute atomic E-state index is 0.115. The summed E-state index contributed by atoms with van der Waals surface area (Å²) in [5, 5.41) is 12.5. The quantitative estimate of drug-likeness (QED) is 0.653. The smallest absolute Gasteiger partial charge is 0.328 e. The van der Waals surface area contributed by atoms with E-state index in [4.69, 9.17) is 4.74 Å². The number of fused-ring (bicyclic) bond motifs is 1. The van der Waals surface area contributed by atoms with Gasteiger partial charge >= 0.3 is 5.97 Å². The molecule has 0 spiro atoms. The zero-order chi connectivity index (χ0) is 20.1. The van der Waals surface area contributed by atoms with Gasteiger partial charge in [-0.25, -0.2) is 4.79 Å². The molecule has 1 aromatic heterocycles. The Balaban J connectivity index is 1.74. The minimum atomic E-state index is -1.27. The lowest BCUT2D eigenvalue weighted by atomic mass is 10.1. The van der Waals surface area contributed by atoms with E-state index < -0.39 is 23.5 Å². The molecule has 28 heavy (non-hydrogen) atoms. The van der Waals surface area contributed by atoms with Crippen molar-refractivity contribution in [3.8, 4) is 0 Å². The zero-order valence-corrected chi connectivity index (χ0v) is 15.3. The summed E-state index contributed by atoms with van der Waals surface area (Å²) in [7, 11) is 1.57. The molecular weight excluding hydrogens is 360 g/mol. The number of benzene rings is 2. The molecule has 7 nitrogen and oxygen atoms in total. The fourth-order valence-electron chi connectivity index (χ4n) is 2.86. The van der Waals surface area contributed by atoms with Crippen LogP contribution in [0, 0.1) is 0 Å². The summed E-state index contributed by atoms with van der Waals surface area (Å²) < 4.78 is 6.79. The molecule has 0 saturated carbocycles. The Morgan fingerprint density at radius 1 is 1.11 bits per heavy atom. The monoisotopic (exact) mass is 380 g/mol. The lowest BCUT2D eigenvalue weighted by Gasteiger charge is -2.15. The second-order valence-corrected chi connectivity index (χ2v) is 6.35. The summed E-state index contributed by atoms with van der Waals surface area (Å²) in [5.74, 6) is -1.99. The van der Waals surface area contributed by atoms with Gasteiger partial charge in [0.15, 0.2) is 6.04 Å². The summed E-state index contributed by atoms with van der Waals surface area (Å²) in [5.41, 5.74) is 0.965. The van der Waals surface area contributed by atoms with Gasteiger partial charge in [0.1, 0.15) is 5.56 Å². The highest BCUT2D eigenvalue weighted by molar-refractivity contribution is 5.99. The van der Waals surface area contributed by atoms with E-state index in [-0.39, 0.29) is 18.8 Å².